The van der Waals surface area contributed by atoms with Gasteiger partial charge in [0.15, 0.2) is 0 Å². The van der Waals surface area contributed by atoms with E-state index in [1.165, 1.54) is 0 Å². The van der Waals surface area contributed by atoms with E-state index in [0.29, 0.717) is 31.5 Å². The van der Waals surface area contributed by atoms with Crippen molar-refractivity contribution in [2.75, 3.05) is 46.0 Å². The number of piperidine rings is 1. The first-order chi connectivity index (χ1) is 15.1. The zero-order valence-corrected chi connectivity index (χ0v) is 18.0. The Balaban J connectivity index is 0.000000360. The summed E-state index contributed by atoms with van der Waals surface area (Å²) in [5.74, 6) is 0.520. The Hall–Kier alpha value is -2.11. The van der Waals surface area contributed by atoms with Gasteiger partial charge in [0, 0.05) is 25.6 Å². The summed E-state index contributed by atoms with van der Waals surface area (Å²) in [7, 11) is 0. The number of hydrogen-bond donors (Lipinski definition) is 1. The monoisotopic (exact) mass is 462 g/mol. The van der Waals surface area contributed by atoms with Crippen LogP contribution in [0.4, 0.5) is 13.2 Å². The number of aryl methyl sites for hydroxylation is 1. The van der Waals surface area contributed by atoms with Gasteiger partial charge in [0.25, 0.3) is 0 Å². The number of halogens is 3. The molecule has 4 rings (SSSR count). The van der Waals surface area contributed by atoms with Crippen LogP contribution in [0.1, 0.15) is 24.4 Å². The molecular weight excluding hydrogens is 433 g/mol. The highest BCUT2D eigenvalue weighted by Crippen LogP contribution is 2.36. The molecule has 3 aliphatic heterocycles. The molecule has 1 aromatic rings. The lowest BCUT2D eigenvalue weighted by Crippen LogP contribution is -2.44. The SMILES string of the molecule is Cc1ccc(CN2CC[C@@H]3[C@@H](CO[C@@H]3CC(=O)N3CCOCC3)C2)o1.O=C(O)C(F)(F)F. The number of carbonyl (C=O) groups excluding carboxylic acids is 1. The van der Waals surface area contributed by atoms with Gasteiger partial charge in [0.1, 0.15) is 11.5 Å². The molecule has 0 unspecified atom stereocenters. The number of morpholine rings is 1. The first-order valence-electron chi connectivity index (χ1n) is 10.7. The number of carbonyl (C=O) groups is 2. The van der Waals surface area contributed by atoms with Gasteiger partial charge in [-0.2, -0.15) is 13.2 Å². The molecular formula is C21H29F3N2O6. The summed E-state index contributed by atoms with van der Waals surface area (Å²) in [6.07, 6.45) is -3.36. The molecule has 1 N–H and O–H groups in total. The van der Waals surface area contributed by atoms with Gasteiger partial charge in [0.05, 0.1) is 38.9 Å². The van der Waals surface area contributed by atoms with Gasteiger partial charge in [-0.05, 0) is 37.9 Å². The molecule has 3 atom stereocenters. The van der Waals surface area contributed by atoms with Crippen molar-refractivity contribution in [3.63, 3.8) is 0 Å². The van der Waals surface area contributed by atoms with Crippen LogP contribution in [0.3, 0.4) is 0 Å². The minimum atomic E-state index is -5.08. The Labute approximate surface area is 184 Å². The second kappa shape index (κ2) is 10.7. The van der Waals surface area contributed by atoms with E-state index in [-0.39, 0.29) is 12.0 Å². The third-order valence-corrected chi connectivity index (χ3v) is 6.04. The van der Waals surface area contributed by atoms with E-state index < -0.39 is 12.1 Å². The normalized spacial score (nSPS) is 26.2. The molecule has 3 fully saturated rings. The molecule has 32 heavy (non-hydrogen) atoms. The van der Waals surface area contributed by atoms with E-state index in [4.69, 9.17) is 23.8 Å². The number of fused-ring (bicyclic) bond motifs is 1. The van der Waals surface area contributed by atoms with Crippen molar-refractivity contribution in [1.82, 2.24) is 9.80 Å². The van der Waals surface area contributed by atoms with E-state index in [9.17, 15) is 18.0 Å². The van der Waals surface area contributed by atoms with Crippen molar-refractivity contribution in [2.45, 2.75) is 38.6 Å². The van der Waals surface area contributed by atoms with Gasteiger partial charge in [-0.25, -0.2) is 4.79 Å². The minimum absolute atomic E-state index is 0.0911. The number of aliphatic carboxylic acids is 1. The fourth-order valence-electron chi connectivity index (χ4n) is 4.42. The lowest BCUT2D eigenvalue weighted by atomic mass is 9.83. The number of nitrogens with zero attached hydrogens (tertiary/aromatic N) is 2. The van der Waals surface area contributed by atoms with Crippen molar-refractivity contribution in [3.8, 4) is 0 Å². The summed E-state index contributed by atoms with van der Waals surface area (Å²) in [5, 5.41) is 7.12. The lowest BCUT2D eigenvalue weighted by molar-refractivity contribution is -0.192. The number of alkyl halides is 3. The van der Waals surface area contributed by atoms with Crippen LogP contribution in [0.5, 0.6) is 0 Å². The van der Waals surface area contributed by atoms with Crippen LogP contribution < -0.4 is 0 Å². The Morgan fingerprint density at radius 3 is 2.47 bits per heavy atom. The van der Waals surface area contributed by atoms with Gasteiger partial charge in [-0.3, -0.25) is 9.69 Å². The van der Waals surface area contributed by atoms with Gasteiger partial charge >= 0.3 is 12.1 Å². The highest BCUT2D eigenvalue weighted by molar-refractivity contribution is 5.77. The quantitative estimate of drug-likeness (QED) is 0.734. The number of hydrogen-bond acceptors (Lipinski definition) is 6. The minimum Gasteiger partial charge on any atom is -0.475 e. The van der Waals surface area contributed by atoms with Crippen molar-refractivity contribution >= 4 is 11.9 Å². The number of carboxylic acid groups (broad SMARTS) is 1. The standard InChI is InChI=1S/C19H28N2O4.C2HF3O2/c1-14-2-3-16(25-14)12-20-5-4-17-15(11-20)13-24-18(17)10-19(22)21-6-8-23-9-7-21;3-2(4,5)1(6)7/h2-3,15,17-18H,4-13H2,1H3;(H,6,7)/t15-,17-,18-;/m1./s1. The Bertz CT molecular complexity index is 778. The average molecular weight is 462 g/mol. The van der Waals surface area contributed by atoms with Crippen LogP contribution in [0.2, 0.25) is 0 Å². The molecule has 3 saturated heterocycles. The van der Waals surface area contributed by atoms with Crippen molar-refractivity contribution < 1.29 is 41.8 Å². The number of rotatable bonds is 4. The summed E-state index contributed by atoms with van der Waals surface area (Å²) >= 11 is 0. The Morgan fingerprint density at radius 1 is 1.19 bits per heavy atom. The Morgan fingerprint density at radius 2 is 1.88 bits per heavy atom. The molecule has 0 aromatic carbocycles. The Kier molecular flexibility index (Phi) is 8.18. The van der Waals surface area contributed by atoms with E-state index in [1.54, 1.807) is 0 Å². The molecule has 1 amide bonds. The van der Waals surface area contributed by atoms with Crippen LogP contribution in [-0.2, 0) is 25.6 Å². The molecule has 0 bridgehead atoms. The first-order valence-corrected chi connectivity index (χ1v) is 10.7. The number of furan rings is 1. The molecule has 3 aliphatic rings. The first kappa shape index (κ1) is 24.5. The maximum absolute atomic E-state index is 12.5. The van der Waals surface area contributed by atoms with Crippen molar-refractivity contribution in [3.05, 3.63) is 23.7 Å². The maximum Gasteiger partial charge on any atom is 0.490 e. The molecule has 8 nitrogen and oxygen atoms in total. The largest absolute Gasteiger partial charge is 0.490 e. The zero-order valence-electron chi connectivity index (χ0n) is 18.0. The second-order valence-corrected chi connectivity index (χ2v) is 8.33. The van der Waals surface area contributed by atoms with E-state index >= 15 is 0 Å². The maximum atomic E-state index is 12.5. The summed E-state index contributed by atoms with van der Waals surface area (Å²) < 4.78 is 48.8. The molecule has 0 radical (unpaired) electrons. The predicted molar refractivity (Wildman–Crippen MR) is 106 cm³/mol. The highest BCUT2D eigenvalue weighted by Gasteiger charge is 2.42. The van der Waals surface area contributed by atoms with Gasteiger partial charge in [-0.15, -0.1) is 0 Å². The fourth-order valence-corrected chi connectivity index (χ4v) is 4.42. The predicted octanol–water partition coefficient (Wildman–Crippen LogP) is 2.31. The van der Waals surface area contributed by atoms with Crippen LogP contribution in [0.15, 0.2) is 16.5 Å². The lowest BCUT2D eigenvalue weighted by Gasteiger charge is -2.35. The topological polar surface area (TPSA) is 92.5 Å². The molecule has 1 aromatic heterocycles. The number of carboxylic acids is 1. The number of likely N-dealkylation sites (tertiary alicyclic amines) is 1. The van der Waals surface area contributed by atoms with Crippen LogP contribution in [0, 0.1) is 18.8 Å². The molecule has 180 valence electrons. The summed E-state index contributed by atoms with van der Waals surface area (Å²) in [5.41, 5.74) is 0. The molecule has 0 saturated carbocycles. The van der Waals surface area contributed by atoms with Gasteiger partial charge in [-0.1, -0.05) is 0 Å². The van der Waals surface area contributed by atoms with Crippen LogP contribution >= 0.6 is 0 Å². The van der Waals surface area contributed by atoms with Crippen molar-refractivity contribution in [2.24, 2.45) is 11.8 Å². The summed E-state index contributed by atoms with van der Waals surface area (Å²) in [6.45, 7) is 8.46. The number of amides is 1. The van der Waals surface area contributed by atoms with E-state index in [1.807, 2.05) is 17.9 Å². The third kappa shape index (κ3) is 6.69. The molecule has 0 spiro atoms. The summed E-state index contributed by atoms with van der Waals surface area (Å²) in [4.78, 5) is 25.8. The summed E-state index contributed by atoms with van der Waals surface area (Å²) in [6, 6.07) is 4.09. The van der Waals surface area contributed by atoms with E-state index in [0.717, 1.165) is 57.3 Å². The molecule has 11 heteroatoms. The fraction of sp³-hybridized carbons (Fsp3) is 0.714. The van der Waals surface area contributed by atoms with Crippen LogP contribution in [0.25, 0.3) is 0 Å². The number of ether oxygens (including phenoxy) is 2. The third-order valence-electron chi connectivity index (χ3n) is 6.04. The van der Waals surface area contributed by atoms with E-state index in [2.05, 4.69) is 11.0 Å². The zero-order chi connectivity index (χ0) is 23.3. The van der Waals surface area contributed by atoms with Crippen molar-refractivity contribution in [1.29, 1.82) is 0 Å². The smallest absolute Gasteiger partial charge is 0.475 e. The van der Waals surface area contributed by atoms with Crippen LogP contribution in [-0.4, -0.2) is 85.1 Å². The second-order valence-electron chi connectivity index (χ2n) is 8.33. The van der Waals surface area contributed by atoms with Gasteiger partial charge < -0.3 is 23.9 Å². The molecule has 0 aliphatic carbocycles. The van der Waals surface area contributed by atoms with Gasteiger partial charge in [0.2, 0.25) is 5.91 Å². The highest BCUT2D eigenvalue weighted by atomic mass is 19.4. The average Bonchev–Trinajstić information content (AvgIpc) is 3.34. The molecule has 4 heterocycles.